The molecule has 1 aromatic heterocycles. The van der Waals surface area contributed by atoms with Gasteiger partial charge in [-0.25, -0.2) is 0 Å². The highest BCUT2D eigenvalue weighted by molar-refractivity contribution is 6.39. The summed E-state index contributed by atoms with van der Waals surface area (Å²) in [5.74, 6) is -0.706. The van der Waals surface area contributed by atoms with E-state index in [0.717, 1.165) is 18.7 Å². The first kappa shape index (κ1) is 19.1. The summed E-state index contributed by atoms with van der Waals surface area (Å²) in [5, 5.41) is 8.81. The lowest BCUT2D eigenvalue weighted by Gasteiger charge is -2.34. The standard InChI is InChI=1S/C19H24N4O4/c1-13-3-5-15(6-4-13)16(23-7-9-26-10-8-23)12-20-18(24)19(25)21-17-11-14(2)27-22-17/h3-6,11,16H,7-10,12H2,1-2H3,(H,20,24)(H,21,22,25)/t16-/m0/s1. The van der Waals surface area contributed by atoms with Crippen LogP contribution < -0.4 is 10.6 Å². The first-order chi connectivity index (χ1) is 13.0. The van der Waals surface area contributed by atoms with E-state index in [0.29, 0.717) is 25.5 Å². The van der Waals surface area contributed by atoms with Gasteiger partial charge < -0.3 is 14.6 Å². The van der Waals surface area contributed by atoms with Gasteiger partial charge in [0.05, 0.1) is 19.3 Å². The molecule has 0 radical (unpaired) electrons. The molecule has 144 valence electrons. The summed E-state index contributed by atoms with van der Waals surface area (Å²) in [6, 6.07) is 9.72. The molecule has 0 bridgehead atoms. The Balaban J connectivity index is 1.63. The highest BCUT2D eigenvalue weighted by atomic mass is 16.5. The van der Waals surface area contributed by atoms with Crippen LogP contribution in [0.25, 0.3) is 0 Å². The Bertz CT molecular complexity index is 781. The number of anilines is 1. The molecule has 1 aliphatic heterocycles. The minimum Gasteiger partial charge on any atom is -0.379 e. The lowest BCUT2D eigenvalue weighted by Crippen LogP contribution is -2.45. The molecule has 8 heteroatoms. The summed E-state index contributed by atoms with van der Waals surface area (Å²) in [6.07, 6.45) is 0. The Labute approximate surface area is 157 Å². The molecule has 1 atom stereocenters. The Morgan fingerprint density at radius 2 is 1.85 bits per heavy atom. The molecule has 3 rings (SSSR count). The van der Waals surface area contributed by atoms with Gasteiger partial charge in [0.1, 0.15) is 5.76 Å². The molecule has 2 heterocycles. The Morgan fingerprint density at radius 3 is 2.48 bits per heavy atom. The van der Waals surface area contributed by atoms with Gasteiger partial charge >= 0.3 is 11.8 Å². The second kappa shape index (κ2) is 8.79. The Morgan fingerprint density at radius 1 is 1.15 bits per heavy atom. The molecule has 0 saturated carbocycles. The summed E-state index contributed by atoms with van der Waals surface area (Å²) in [7, 11) is 0. The van der Waals surface area contributed by atoms with E-state index in [4.69, 9.17) is 9.26 Å². The number of aromatic nitrogens is 1. The number of nitrogens with zero attached hydrogens (tertiary/aromatic N) is 2. The third-order valence-corrected chi connectivity index (χ3v) is 4.48. The van der Waals surface area contributed by atoms with Gasteiger partial charge in [-0.3, -0.25) is 19.8 Å². The van der Waals surface area contributed by atoms with Gasteiger partial charge in [0.15, 0.2) is 5.82 Å². The van der Waals surface area contributed by atoms with Crippen molar-refractivity contribution < 1.29 is 18.8 Å². The number of nitrogens with one attached hydrogen (secondary N) is 2. The van der Waals surface area contributed by atoms with Gasteiger partial charge in [-0.1, -0.05) is 35.0 Å². The van der Waals surface area contributed by atoms with Crippen LogP contribution in [0, 0.1) is 13.8 Å². The minimum absolute atomic E-state index is 0.0273. The molecule has 8 nitrogen and oxygen atoms in total. The van der Waals surface area contributed by atoms with E-state index >= 15 is 0 Å². The molecule has 0 unspecified atom stereocenters. The van der Waals surface area contributed by atoms with Gasteiger partial charge in [0.25, 0.3) is 0 Å². The predicted molar refractivity (Wildman–Crippen MR) is 99.2 cm³/mol. The zero-order chi connectivity index (χ0) is 19.2. The number of hydrogen-bond acceptors (Lipinski definition) is 6. The van der Waals surface area contributed by atoms with E-state index in [1.807, 2.05) is 19.1 Å². The van der Waals surface area contributed by atoms with Crippen molar-refractivity contribution in [2.24, 2.45) is 0 Å². The average Bonchev–Trinajstić information content (AvgIpc) is 3.08. The largest absolute Gasteiger partial charge is 0.379 e. The lowest BCUT2D eigenvalue weighted by atomic mass is 10.0. The van der Waals surface area contributed by atoms with E-state index in [1.54, 1.807) is 13.0 Å². The maximum absolute atomic E-state index is 12.2. The molecule has 2 amide bonds. The summed E-state index contributed by atoms with van der Waals surface area (Å²) in [6.45, 7) is 6.93. The number of carbonyl (C=O) groups is 2. The molecule has 0 spiro atoms. The third-order valence-electron chi connectivity index (χ3n) is 4.48. The molecule has 0 aliphatic carbocycles. The fourth-order valence-corrected chi connectivity index (χ4v) is 3.00. The van der Waals surface area contributed by atoms with Crippen LogP contribution in [0.4, 0.5) is 5.82 Å². The second-order valence-electron chi connectivity index (χ2n) is 6.56. The predicted octanol–water partition coefficient (Wildman–Crippen LogP) is 1.42. The van der Waals surface area contributed by atoms with Crippen LogP contribution >= 0.6 is 0 Å². The van der Waals surface area contributed by atoms with Crippen molar-refractivity contribution in [3.8, 4) is 0 Å². The quantitative estimate of drug-likeness (QED) is 0.771. The molecular formula is C19H24N4O4. The van der Waals surface area contributed by atoms with Crippen molar-refractivity contribution in [3.05, 3.63) is 47.2 Å². The first-order valence-electron chi connectivity index (χ1n) is 8.94. The van der Waals surface area contributed by atoms with E-state index in [2.05, 4.69) is 32.8 Å². The van der Waals surface area contributed by atoms with Crippen LogP contribution in [0.1, 0.15) is 22.9 Å². The summed E-state index contributed by atoms with van der Waals surface area (Å²) < 4.78 is 10.3. The van der Waals surface area contributed by atoms with Crippen LogP contribution in [0.3, 0.4) is 0 Å². The number of hydrogen-bond donors (Lipinski definition) is 2. The number of rotatable bonds is 5. The average molecular weight is 372 g/mol. The van der Waals surface area contributed by atoms with Crippen molar-refractivity contribution in [1.29, 1.82) is 0 Å². The van der Waals surface area contributed by atoms with Gasteiger partial charge in [-0.2, -0.15) is 0 Å². The molecule has 2 aromatic rings. The number of amides is 2. The first-order valence-corrected chi connectivity index (χ1v) is 8.94. The van der Waals surface area contributed by atoms with Crippen LogP contribution in [-0.4, -0.2) is 54.7 Å². The van der Waals surface area contributed by atoms with E-state index < -0.39 is 11.8 Å². The maximum Gasteiger partial charge on any atom is 0.314 e. The fourth-order valence-electron chi connectivity index (χ4n) is 3.00. The maximum atomic E-state index is 12.2. The van der Waals surface area contributed by atoms with E-state index in [-0.39, 0.29) is 11.9 Å². The van der Waals surface area contributed by atoms with Crippen molar-refractivity contribution >= 4 is 17.6 Å². The smallest absolute Gasteiger partial charge is 0.314 e. The number of ether oxygens (including phenoxy) is 1. The van der Waals surface area contributed by atoms with Crippen molar-refractivity contribution in [2.45, 2.75) is 19.9 Å². The Kier molecular flexibility index (Phi) is 6.20. The topological polar surface area (TPSA) is 96.7 Å². The zero-order valence-electron chi connectivity index (χ0n) is 15.5. The van der Waals surface area contributed by atoms with Crippen LogP contribution in [-0.2, 0) is 14.3 Å². The molecule has 1 fully saturated rings. The van der Waals surface area contributed by atoms with Gasteiger partial charge in [0, 0.05) is 25.7 Å². The van der Waals surface area contributed by atoms with Gasteiger partial charge in [-0.05, 0) is 19.4 Å². The van der Waals surface area contributed by atoms with Gasteiger partial charge in [0.2, 0.25) is 0 Å². The van der Waals surface area contributed by atoms with Gasteiger partial charge in [-0.15, -0.1) is 0 Å². The second-order valence-corrected chi connectivity index (χ2v) is 6.56. The number of aryl methyl sites for hydroxylation is 2. The van der Waals surface area contributed by atoms with Crippen LogP contribution in [0.15, 0.2) is 34.9 Å². The highest BCUT2D eigenvalue weighted by Crippen LogP contribution is 2.21. The van der Waals surface area contributed by atoms with E-state index in [1.165, 1.54) is 5.56 Å². The Hall–Kier alpha value is -2.71. The van der Waals surface area contributed by atoms with Crippen molar-refractivity contribution in [1.82, 2.24) is 15.4 Å². The fraction of sp³-hybridized carbons (Fsp3) is 0.421. The van der Waals surface area contributed by atoms with E-state index in [9.17, 15) is 9.59 Å². The summed E-state index contributed by atoms with van der Waals surface area (Å²) >= 11 is 0. The lowest BCUT2D eigenvalue weighted by molar-refractivity contribution is -0.136. The summed E-state index contributed by atoms with van der Waals surface area (Å²) in [4.78, 5) is 26.5. The molecule has 27 heavy (non-hydrogen) atoms. The monoisotopic (exact) mass is 372 g/mol. The SMILES string of the molecule is Cc1ccc([C@H](CNC(=O)C(=O)Nc2cc(C)on2)N2CCOCC2)cc1. The zero-order valence-corrected chi connectivity index (χ0v) is 15.5. The molecule has 1 saturated heterocycles. The number of benzene rings is 1. The highest BCUT2D eigenvalue weighted by Gasteiger charge is 2.24. The molecule has 1 aromatic carbocycles. The third kappa shape index (κ3) is 5.15. The van der Waals surface area contributed by atoms with Crippen LogP contribution in [0.2, 0.25) is 0 Å². The number of carbonyl (C=O) groups excluding carboxylic acids is 2. The van der Waals surface area contributed by atoms with Crippen molar-refractivity contribution in [3.63, 3.8) is 0 Å². The molecular weight excluding hydrogens is 348 g/mol. The number of morpholine rings is 1. The summed E-state index contributed by atoms with van der Waals surface area (Å²) in [5.41, 5.74) is 2.26. The minimum atomic E-state index is -0.770. The normalized spacial score (nSPS) is 15.9. The molecule has 1 aliphatic rings. The van der Waals surface area contributed by atoms with Crippen molar-refractivity contribution in [2.75, 3.05) is 38.2 Å². The van der Waals surface area contributed by atoms with Crippen LogP contribution in [0.5, 0.6) is 0 Å². The molecule has 2 N–H and O–H groups in total.